The Hall–Kier alpha value is -0.0800. The van der Waals surface area contributed by atoms with E-state index in [9.17, 15) is 0 Å². The van der Waals surface area contributed by atoms with Crippen LogP contribution in [0.5, 0.6) is 0 Å². The molecule has 0 aromatic carbocycles. The van der Waals surface area contributed by atoms with E-state index in [0.29, 0.717) is 12.2 Å². The maximum atomic E-state index is 5.90. The van der Waals surface area contributed by atoms with Gasteiger partial charge in [-0.2, -0.15) is 0 Å². The first-order valence-corrected chi connectivity index (χ1v) is 6.42. The van der Waals surface area contributed by atoms with Gasteiger partial charge in [-0.25, -0.2) is 0 Å². The molecule has 88 valence electrons. The average Bonchev–Trinajstić information content (AvgIpc) is 2.19. The van der Waals surface area contributed by atoms with Crippen molar-refractivity contribution in [2.45, 2.75) is 57.7 Å². The zero-order valence-corrected chi connectivity index (χ0v) is 10.1. The lowest BCUT2D eigenvalue weighted by Crippen LogP contribution is -2.38. The Morgan fingerprint density at radius 1 is 1.00 bits per heavy atom. The monoisotopic (exact) mass is 212 g/mol. The van der Waals surface area contributed by atoms with E-state index in [1.165, 1.54) is 25.7 Å². The molecular weight excluding hydrogens is 188 g/mol. The standard InChI is InChI=1S/C13H24O2/c1-10-3-5-11(6-4-10)9-15-13-7-12(8-13)14-2/h10-13H,3-9H2,1-2H3. The number of hydrogen-bond donors (Lipinski definition) is 0. The van der Waals surface area contributed by atoms with Gasteiger partial charge in [-0.3, -0.25) is 0 Å². The summed E-state index contributed by atoms with van der Waals surface area (Å²) in [4.78, 5) is 0. The summed E-state index contributed by atoms with van der Waals surface area (Å²) >= 11 is 0. The molecular formula is C13H24O2. The normalized spacial score (nSPS) is 41.2. The van der Waals surface area contributed by atoms with Crippen LogP contribution in [0, 0.1) is 11.8 Å². The molecule has 0 spiro atoms. The number of hydrogen-bond acceptors (Lipinski definition) is 2. The lowest BCUT2D eigenvalue weighted by atomic mass is 9.83. The molecule has 2 heteroatoms. The molecule has 2 saturated carbocycles. The van der Waals surface area contributed by atoms with Crippen molar-refractivity contribution >= 4 is 0 Å². The van der Waals surface area contributed by atoms with Gasteiger partial charge in [0.25, 0.3) is 0 Å². The Kier molecular flexibility index (Phi) is 4.04. The summed E-state index contributed by atoms with van der Waals surface area (Å²) in [6.45, 7) is 3.36. The SMILES string of the molecule is COC1CC(OCC2CCC(C)CC2)C1. The molecule has 15 heavy (non-hydrogen) atoms. The molecule has 2 nitrogen and oxygen atoms in total. The molecule has 2 fully saturated rings. The topological polar surface area (TPSA) is 18.5 Å². The molecule has 0 amide bonds. The van der Waals surface area contributed by atoms with Gasteiger partial charge >= 0.3 is 0 Å². The number of methoxy groups -OCH3 is 1. The molecule has 0 saturated heterocycles. The van der Waals surface area contributed by atoms with E-state index in [-0.39, 0.29) is 0 Å². The van der Waals surface area contributed by atoms with Crippen LogP contribution in [-0.4, -0.2) is 25.9 Å². The minimum atomic E-state index is 0.473. The van der Waals surface area contributed by atoms with Crippen LogP contribution in [0.1, 0.15) is 45.4 Å². The zero-order chi connectivity index (χ0) is 10.7. The molecule has 0 aliphatic heterocycles. The second kappa shape index (κ2) is 5.31. The van der Waals surface area contributed by atoms with Crippen LogP contribution in [0.15, 0.2) is 0 Å². The van der Waals surface area contributed by atoms with E-state index in [1.54, 1.807) is 7.11 Å². The zero-order valence-electron chi connectivity index (χ0n) is 10.1. The van der Waals surface area contributed by atoms with E-state index in [0.717, 1.165) is 31.3 Å². The van der Waals surface area contributed by atoms with E-state index < -0.39 is 0 Å². The fourth-order valence-corrected chi connectivity index (χ4v) is 2.61. The Balaban J connectivity index is 1.55. The van der Waals surface area contributed by atoms with Gasteiger partial charge in [-0.15, -0.1) is 0 Å². The number of ether oxygens (including phenoxy) is 2. The van der Waals surface area contributed by atoms with Gasteiger partial charge < -0.3 is 9.47 Å². The molecule has 2 aliphatic rings. The van der Waals surface area contributed by atoms with Gasteiger partial charge in [0, 0.05) is 13.7 Å². The first-order valence-electron chi connectivity index (χ1n) is 6.42. The van der Waals surface area contributed by atoms with Gasteiger partial charge in [0.2, 0.25) is 0 Å². The molecule has 0 heterocycles. The second-order valence-corrected chi connectivity index (χ2v) is 5.41. The average molecular weight is 212 g/mol. The Labute approximate surface area is 93.3 Å². The summed E-state index contributed by atoms with van der Waals surface area (Å²) in [6.07, 6.45) is 8.75. The summed E-state index contributed by atoms with van der Waals surface area (Å²) in [6, 6.07) is 0. The number of rotatable bonds is 4. The Bertz CT molecular complexity index is 179. The van der Waals surface area contributed by atoms with Crippen molar-refractivity contribution in [1.82, 2.24) is 0 Å². The highest BCUT2D eigenvalue weighted by Crippen LogP contribution is 2.31. The van der Waals surface area contributed by atoms with Gasteiger partial charge in [-0.1, -0.05) is 19.8 Å². The van der Waals surface area contributed by atoms with Crippen molar-refractivity contribution < 1.29 is 9.47 Å². The van der Waals surface area contributed by atoms with Crippen molar-refractivity contribution in [1.29, 1.82) is 0 Å². The third kappa shape index (κ3) is 3.18. The van der Waals surface area contributed by atoms with Crippen molar-refractivity contribution in [3.05, 3.63) is 0 Å². The minimum absolute atomic E-state index is 0.473. The summed E-state index contributed by atoms with van der Waals surface area (Å²) in [5, 5.41) is 0. The third-order valence-corrected chi connectivity index (χ3v) is 4.09. The summed E-state index contributed by atoms with van der Waals surface area (Å²) < 4.78 is 11.1. The van der Waals surface area contributed by atoms with E-state index in [2.05, 4.69) is 6.92 Å². The van der Waals surface area contributed by atoms with E-state index in [1.807, 2.05) is 0 Å². The highest BCUT2D eigenvalue weighted by molar-refractivity contribution is 4.81. The molecule has 0 aromatic heterocycles. The van der Waals surface area contributed by atoms with Gasteiger partial charge in [-0.05, 0) is 37.5 Å². The van der Waals surface area contributed by atoms with Crippen LogP contribution in [0.3, 0.4) is 0 Å². The lowest BCUT2D eigenvalue weighted by Gasteiger charge is -2.35. The van der Waals surface area contributed by atoms with Crippen molar-refractivity contribution in [3.63, 3.8) is 0 Å². The van der Waals surface area contributed by atoms with Crippen LogP contribution in [0.4, 0.5) is 0 Å². The fraction of sp³-hybridized carbons (Fsp3) is 1.00. The predicted octanol–water partition coefficient (Wildman–Crippen LogP) is 3.01. The van der Waals surface area contributed by atoms with Crippen LogP contribution >= 0.6 is 0 Å². The smallest absolute Gasteiger partial charge is 0.0624 e. The molecule has 0 unspecified atom stereocenters. The Morgan fingerprint density at radius 3 is 2.27 bits per heavy atom. The molecule has 0 atom stereocenters. The first-order chi connectivity index (χ1) is 7.28. The molecule has 0 aromatic rings. The van der Waals surface area contributed by atoms with Crippen molar-refractivity contribution in [2.75, 3.05) is 13.7 Å². The maximum Gasteiger partial charge on any atom is 0.0624 e. The second-order valence-electron chi connectivity index (χ2n) is 5.41. The quantitative estimate of drug-likeness (QED) is 0.713. The minimum Gasteiger partial charge on any atom is -0.381 e. The van der Waals surface area contributed by atoms with E-state index >= 15 is 0 Å². The summed E-state index contributed by atoms with van der Waals surface area (Å²) in [5.41, 5.74) is 0. The van der Waals surface area contributed by atoms with Crippen molar-refractivity contribution in [3.8, 4) is 0 Å². The molecule has 0 bridgehead atoms. The van der Waals surface area contributed by atoms with Crippen LogP contribution in [-0.2, 0) is 9.47 Å². The molecule has 0 N–H and O–H groups in total. The van der Waals surface area contributed by atoms with Crippen molar-refractivity contribution in [2.24, 2.45) is 11.8 Å². The largest absolute Gasteiger partial charge is 0.381 e. The van der Waals surface area contributed by atoms with Gasteiger partial charge in [0.05, 0.1) is 12.2 Å². The third-order valence-electron chi connectivity index (χ3n) is 4.09. The lowest BCUT2D eigenvalue weighted by molar-refractivity contribution is -0.0971. The Morgan fingerprint density at radius 2 is 1.67 bits per heavy atom. The first kappa shape index (κ1) is 11.4. The maximum absolute atomic E-state index is 5.90. The fourth-order valence-electron chi connectivity index (χ4n) is 2.61. The molecule has 0 radical (unpaired) electrons. The van der Waals surface area contributed by atoms with Crippen LogP contribution < -0.4 is 0 Å². The summed E-state index contributed by atoms with van der Waals surface area (Å²) in [5.74, 6) is 1.78. The van der Waals surface area contributed by atoms with Gasteiger partial charge in [0.1, 0.15) is 0 Å². The highest BCUT2D eigenvalue weighted by Gasteiger charge is 2.30. The van der Waals surface area contributed by atoms with E-state index in [4.69, 9.17) is 9.47 Å². The summed E-state index contributed by atoms with van der Waals surface area (Å²) in [7, 11) is 1.80. The van der Waals surface area contributed by atoms with Crippen LogP contribution in [0.2, 0.25) is 0 Å². The predicted molar refractivity (Wildman–Crippen MR) is 60.9 cm³/mol. The van der Waals surface area contributed by atoms with Gasteiger partial charge in [0.15, 0.2) is 0 Å². The highest BCUT2D eigenvalue weighted by atomic mass is 16.5. The molecule has 2 rings (SSSR count). The van der Waals surface area contributed by atoms with Crippen LogP contribution in [0.25, 0.3) is 0 Å². The molecule has 2 aliphatic carbocycles.